The number of aromatic nitrogens is 4. The summed E-state index contributed by atoms with van der Waals surface area (Å²) in [6, 6.07) is 4.71. The molecule has 1 aliphatic carbocycles. The zero-order valence-corrected chi connectivity index (χ0v) is 16.8. The number of aliphatic hydroxyl groups is 1. The summed E-state index contributed by atoms with van der Waals surface area (Å²) in [5.74, 6) is 4.95. The smallest absolute Gasteiger partial charge is 0.269 e. The van der Waals surface area contributed by atoms with Gasteiger partial charge in [0.1, 0.15) is 17.3 Å². The molecule has 1 aromatic carbocycles. The molecule has 0 radical (unpaired) electrons. The summed E-state index contributed by atoms with van der Waals surface area (Å²) in [5.41, 5.74) is 7.23. The summed E-state index contributed by atoms with van der Waals surface area (Å²) >= 11 is 0. The highest BCUT2D eigenvalue weighted by Crippen LogP contribution is 2.48. The molecular formula is C23H18FN5O2. The number of nitrogens with two attached hydrogens (primary N) is 1. The summed E-state index contributed by atoms with van der Waals surface area (Å²) < 4.78 is 16.9. The Hall–Kier alpha value is -3.83. The van der Waals surface area contributed by atoms with E-state index >= 15 is 0 Å². The Morgan fingerprint density at radius 3 is 2.71 bits per heavy atom. The molecule has 0 fully saturated rings. The largest absolute Gasteiger partial charge is 0.371 e. The number of carbonyl (C=O) groups excluding carboxylic acids is 1. The molecule has 7 nitrogen and oxygen atoms in total. The molecule has 6 rings (SSSR count). The van der Waals surface area contributed by atoms with Gasteiger partial charge in [0.25, 0.3) is 5.91 Å². The first-order valence-electron chi connectivity index (χ1n) is 9.73. The van der Waals surface area contributed by atoms with Crippen molar-refractivity contribution >= 4 is 11.5 Å². The SMILES string of the molecule is Cc1c(C(N)=O)nc2n1C1C=C(C1)c1cc(F)c(C#C[C@@](C)(O)c3ncccn3)cc1-2. The third-order valence-electron chi connectivity index (χ3n) is 5.67. The Bertz CT molecular complexity index is 1350. The number of hydrogen-bond donors (Lipinski definition) is 2. The Balaban J connectivity index is 1.65. The summed E-state index contributed by atoms with van der Waals surface area (Å²) in [4.78, 5) is 24.3. The average molecular weight is 415 g/mol. The molecule has 3 N–H and O–H groups in total. The van der Waals surface area contributed by atoms with Gasteiger partial charge in [-0.05, 0) is 49.6 Å². The Morgan fingerprint density at radius 2 is 2.03 bits per heavy atom. The van der Waals surface area contributed by atoms with Gasteiger partial charge in [-0.2, -0.15) is 0 Å². The van der Waals surface area contributed by atoms with Gasteiger partial charge in [-0.1, -0.05) is 17.9 Å². The molecule has 3 aliphatic rings. The second-order valence-electron chi connectivity index (χ2n) is 7.84. The summed E-state index contributed by atoms with van der Waals surface area (Å²) in [7, 11) is 0. The summed E-state index contributed by atoms with van der Waals surface area (Å²) in [6.45, 7) is 3.25. The van der Waals surface area contributed by atoms with Crippen molar-refractivity contribution in [2.75, 3.05) is 0 Å². The lowest BCUT2D eigenvalue weighted by Gasteiger charge is -2.25. The molecule has 3 aromatic rings. The number of primary amides is 1. The van der Waals surface area contributed by atoms with Gasteiger partial charge < -0.3 is 15.4 Å². The van der Waals surface area contributed by atoms with E-state index in [1.54, 1.807) is 19.1 Å². The molecule has 2 atom stereocenters. The van der Waals surface area contributed by atoms with Crippen LogP contribution in [0.15, 0.2) is 36.7 Å². The van der Waals surface area contributed by atoms with Crippen molar-refractivity contribution < 1.29 is 14.3 Å². The van der Waals surface area contributed by atoms with Crippen LogP contribution in [0.1, 0.15) is 52.5 Å². The zero-order valence-electron chi connectivity index (χ0n) is 16.8. The van der Waals surface area contributed by atoms with E-state index in [1.807, 2.05) is 10.6 Å². The molecule has 31 heavy (non-hydrogen) atoms. The number of benzene rings is 1. The standard InChI is InChI=1S/C23H18FN5O2/c1-12-19(20(25)30)28-21-17-10-13(4-5-23(2,31)22-26-6-3-7-27-22)18(24)11-16(17)14-8-15(9-14)29(12)21/h3,6-8,10-11,15,31H,9H2,1-2H3,(H2,25,30)/t15?,23-/m1/s1. The Labute approximate surface area is 177 Å². The third kappa shape index (κ3) is 2.94. The van der Waals surface area contributed by atoms with Gasteiger partial charge in [0.2, 0.25) is 0 Å². The maximum Gasteiger partial charge on any atom is 0.269 e. The van der Waals surface area contributed by atoms with Crippen molar-refractivity contribution in [3.63, 3.8) is 0 Å². The molecule has 2 aliphatic heterocycles. The second-order valence-corrected chi connectivity index (χ2v) is 7.84. The molecule has 2 aromatic heterocycles. The predicted molar refractivity (Wildman–Crippen MR) is 111 cm³/mol. The normalized spacial score (nSPS) is 17.7. The van der Waals surface area contributed by atoms with Gasteiger partial charge >= 0.3 is 0 Å². The third-order valence-corrected chi connectivity index (χ3v) is 5.67. The second kappa shape index (κ2) is 6.59. The van der Waals surface area contributed by atoms with E-state index in [-0.39, 0.29) is 23.1 Å². The number of imidazole rings is 1. The fraction of sp³-hybridized carbons (Fsp3) is 0.217. The lowest BCUT2D eigenvalue weighted by Crippen LogP contribution is -2.21. The minimum Gasteiger partial charge on any atom is -0.371 e. The maximum absolute atomic E-state index is 14.9. The molecule has 4 heterocycles. The van der Waals surface area contributed by atoms with Crippen molar-refractivity contribution in [3.8, 4) is 23.2 Å². The molecular weight excluding hydrogens is 397 g/mol. The van der Waals surface area contributed by atoms with Gasteiger partial charge in [-0.25, -0.2) is 19.3 Å². The lowest BCUT2D eigenvalue weighted by molar-refractivity contribution is 0.0995. The van der Waals surface area contributed by atoms with Gasteiger partial charge in [0.05, 0.1) is 11.6 Å². The van der Waals surface area contributed by atoms with Crippen molar-refractivity contribution in [3.05, 3.63) is 70.8 Å². The average Bonchev–Trinajstić information content (AvgIpc) is 2.91. The number of halogens is 1. The molecule has 0 saturated carbocycles. The van der Waals surface area contributed by atoms with Crippen LogP contribution < -0.4 is 5.73 Å². The number of allylic oxidation sites excluding steroid dienone is 2. The molecule has 2 bridgehead atoms. The van der Waals surface area contributed by atoms with Crippen molar-refractivity contribution in [2.24, 2.45) is 5.73 Å². The van der Waals surface area contributed by atoms with Crippen LogP contribution in [0.5, 0.6) is 0 Å². The lowest BCUT2D eigenvalue weighted by atomic mass is 9.86. The Morgan fingerprint density at radius 1 is 1.32 bits per heavy atom. The van der Waals surface area contributed by atoms with E-state index in [0.717, 1.165) is 17.6 Å². The van der Waals surface area contributed by atoms with Crippen LogP contribution in [-0.4, -0.2) is 30.5 Å². The number of nitrogens with zero attached hydrogens (tertiary/aromatic N) is 4. The summed E-state index contributed by atoms with van der Waals surface area (Å²) in [5, 5.41) is 10.6. The van der Waals surface area contributed by atoms with Gasteiger partial charge in [0.15, 0.2) is 11.4 Å². The quantitative estimate of drug-likeness (QED) is 0.626. The van der Waals surface area contributed by atoms with Gasteiger partial charge in [-0.15, -0.1) is 0 Å². The topological polar surface area (TPSA) is 107 Å². The number of hydrogen-bond acceptors (Lipinski definition) is 5. The van der Waals surface area contributed by atoms with Crippen LogP contribution in [0.3, 0.4) is 0 Å². The number of amides is 1. The monoisotopic (exact) mass is 415 g/mol. The first-order chi connectivity index (χ1) is 14.8. The van der Waals surface area contributed by atoms with Crippen LogP contribution in [0.4, 0.5) is 4.39 Å². The number of rotatable bonds is 2. The minimum absolute atomic E-state index is 0.0477. The van der Waals surface area contributed by atoms with Crippen molar-refractivity contribution in [2.45, 2.75) is 31.9 Å². The zero-order chi connectivity index (χ0) is 21.9. The molecule has 0 saturated heterocycles. The van der Waals surface area contributed by atoms with E-state index in [0.29, 0.717) is 17.1 Å². The first-order valence-corrected chi connectivity index (χ1v) is 9.73. The first kappa shape index (κ1) is 19.2. The molecule has 0 spiro atoms. The van der Waals surface area contributed by atoms with Crippen LogP contribution in [0, 0.1) is 24.6 Å². The van der Waals surface area contributed by atoms with E-state index in [9.17, 15) is 14.3 Å². The van der Waals surface area contributed by atoms with E-state index in [4.69, 9.17) is 5.73 Å². The molecule has 1 amide bonds. The maximum atomic E-state index is 14.9. The number of carbonyl (C=O) groups is 1. The van der Waals surface area contributed by atoms with Crippen LogP contribution in [0.2, 0.25) is 0 Å². The molecule has 154 valence electrons. The Kier molecular flexibility index (Phi) is 4.07. The molecule has 1 unspecified atom stereocenters. The highest BCUT2D eigenvalue weighted by molar-refractivity contribution is 5.94. The highest BCUT2D eigenvalue weighted by Gasteiger charge is 2.35. The highest BCUT2D eigenvalue weighted by atomic mass is 19.1. The van der Waals surface area contributed by atoms with Crippen molar-refractivity contribution in [1.29, 1.82) is 0 Å². The minimum atomic E-state index is -1.65. The fourth-order valence-corrected chi connectivity index (χ4v) is 4.05. The fourth-order valence-electron chi connectivity index (χ4n) is 4.05. The van der Waals surface area contributed by atoms with Crippen molar-refractivity contribution in [1.82, 2.24) is 19.5 Å². The van der Waals surface area contributed by atoms with E-state index < -0.39 is 17.3 Å². The summed E-state index contributed by atoms with van der Waals surface area (Å²) in [6.07, 6.45) is 5.76. The van der Waals surface area contributed by atoms with Crippen LogP contribution >= 0.6 is 0 Å². The van der Waals surface area contributed by atoms with Gasteiger partial charge in [-0.3, -0.25) is 4.79 Å². The van der Waals surface area contributed by atoms with Gasteiger partial charge in [0, 0.05) is 23.7 Å². The predicted octanol–water partition coefficient (Wildman–Crippen LogP) is 2.49. The van der Waals surface area contributed by atoms with Crippen LogP contribution in [0.25, 0.3) is 17.0 Å². The van der Waals surface area contributed by atoms with E-state index in [1.165, 1.54) is 25.4 Å². The van der Waals surface area contributed by atoms with Crippen LogP contribution in [-0.2, 0) is 5.60 Å². The molecule has 8 heteroatoms. The van der Waals surface area contributed by atoms with E-state index in [2.05, 4.69) is 26.8 Å².